The Bertz CT molecular complexity index is 444. The monoisotopic (exact) mass is 320 g/mol. The van der Waals surface area contributed by atoms with Crippen molar-refractivity contribution < 1.29 is 9.22 Å². The molecule has 0 atom stereocenters. The van der Waals surface area contributed by atoms with Gasteiger partial charge in [-0.2, -0.15) is 0 Å². The second-order valence-electron chi connectivity index (χ2n) is 7.08. The summed E-state index contributed by atoms with van der Waals surface area (Å²) in [6, 6.07) is 8.36. The summed E-state index contributed by atoms with van der Waals surface area (Å²) < 4.78 is 6.67. The first-order chi connectivity index (χ1) is 10.4. The van der Waals surface area contributed by atoms with Gasteiger partial charge in [0.2, 0.25) is 8.32 Å². The molecule has 3 heteroatoms. The summed E-state index contributed by atoms with van der Waals surface area (Å²) in [4.78, 5) is 10.7. The van der Waals surface area contributed by atoms with Gasteiger partial charge in [0.15, 0.2) is 0 Å². The van der Waals surface area contributed by atoms with Crippen LogP contribution in [0.1, 0.15) is 59.1 Å². The van der Waals surface area contributed by atoms with E-state index in [2.05, 4.69) is 59.7 Å². The third-order valence-electron chi connectivity index (χ3n) is 4.83. The van der Waals surface area contributed by atoms with E-state index < -0.39 is 8.32 Å². The molecule has 124 valence electrons. The largest absolute Gasteiger partial charge is 0.412 e. The van der Waals surface area contributed by atoms with Crippen molar-refractivity contribution in [1.82, 2.24) is 0 Å². The van der Waals surface area contributed by atoms with Crippen molar-refractivity contribution in [3.05, 3.63) is 35.4 Å². The molecule has 0 heterocycles. The van der Waals surface area contributed by atoms with Crippen molar-refractivity contribution in [3.63, 3.8) is 0 Å². The van der Waals surface area contributed by atoms with Crippen molar-refractivity contribution in [1.29, 1.82) is 0 Å². The maximum absolute atomic E-state index is 10.7. The third-order valence-corrected chi connectivity index (χ3v) is 10.9. The number of aldehydes is 1. The Morgan fingerprint density at radius 2 is 1.45 bits per heavy atom. The molecule has 0 aliphatic carbocycles. The zero-order valence-corrected chi connectivity index (χ0v) is 16.1. The Morgan fingerprint density at radius 3 is 1.91 bits per heavy atom. The minimum Gasteiger partial charge on any atom is -0.412 e. The van der Waals surface area contributed by atoms with Gasteiger partial charge in [-0.25, -0.2) is 0 Å². The zero-order chi connectivity index (χ0) is 16.8. The number of carbonyl (C=O) groups is 1. The van der Waals surface area contributed by atoms with E-state index in [1.807, 2.05) is 6.07 Å². The van der Waals surface area contributed by atoms with Crippen LogP contribution in [-0.4, -0.2) is 14.6 Å². The van der Waals surface area contributed by atoms with Crippen molar-refractivity contribution >= 4 is 14.6 Å². The van der Waals surface area contributed by atoms with Gasteiger partial charge in [-0.1, -0.05) is 65.8 Å². The Kier molecular flexibility index (Phi) is 7.50. The first kappa shape index (κ1) is 19.1. The lowest BCUT2D eigenvalue weighted by Gasteiger charge is -2.42. The molecule has 1 rings (SSSR count). The lowest BCUT2D eigenvalue weighted by atomic mass is 10.0. The standard InChI is InChI=1S/C19H32O2Si/c1-15(2)22(16(3)4,17(5)6)21-14-19-11-8-7-10-18(19)12-9-13-20/h7-8,10-11,13,15-17H,9,12,14H2,1-6H3. The predicted octanol–water partition coefficient (Wildman–Crippen LogP) is 5.51. The summed E-state index contributed by atoms with van der Waals surface area (Å²) in [5.74, 6) is 0. The van der Waals surface area contributed by atoms with E-state index in [1.165, 1.54) is 11.1 Å². The highest BCUT2D eigenvalue weighted by Crippen LogP contribution is 2.42. The summed E-state index contributed by atoms with van der Waals surface area (Å²) >= 11 is 0. The highest BCUT2D eigenvalue weighted by molar-refractivity contribution is 6.77. The van der Waals surface area contributed by atoms with Gasteiger partial charge in [0.05, 0.1) is 6.61 Å². The van der Waals surface area contributed by atoms with E-state index in [0.717, 1.165) is 12.7 Å². The molecular formula is C19H32O2Si. The second kappa shape index (κ2) is 8.63. The lowest BCUT2D eigenvalue weighted by molar-refractivity contribution is -0.107. The van der Waals surface area contributed by atoms with Crippen LogP contribution in [0, 0.1) is 0 Å². The summed E-state index contributed by atoms with van der Waals surface area (Å²) in [5.41, 5.74) is 4.26. The first-order valence-electron chi connectivity index (χ1n) is 8.50. The SMILES string of the molecule is CC(C)[Si](OCc1ccccc1CCC=O)(C(C)C)C(C)C. The average Bonchev–Trinajstić information content (AvgIpc) is 2.45. The molecule has 22 heavy (non-hydrogen) atoms. The van der Waals surface area contributed by atoms with Crippen LogP contribution in [0.2, 0.25) is 16.6 Å². The van der Waals surface area contributed by atoms with Gasteiger partial charge in [0.1, 0.15) is 6.29 Å². The normalized spacial score (nSPS) is 12.4. The quantitative estimate of drug-likeness (QED) is 0.443. The summed E-state index contributed by atoms with van der Waals surface area (Å²) in [6.07, 6.45) is 2.38. The van der Waals surface area contributed by atoms with Crippen LogP contribution in [-0.2, 0) is 22.2 Å². The van der Waals surface area contributed by atoms with E-state index in [0.29, 0.717) is 29.7 Å². The maximum atomic E-state index is 10.7. The number of aryl methyl sites for hydroxylation is 1. The Balaban J connectivity index is 2.96. The molecule has 0 saturated carbocycles. The maximum Gasteiger partial charge on any atom is 0.200 e. The van der Waals surface area contributed by atoms with E-state index in [-0.39, 0.29) is 0 Å². The van der Waals surface area contributed by atoms with Crippen molar-refractivity contribution in [2.75, 3.05) is 0 Å². The number of rotatable bonds is 9. The molecule has 1 aromatic carbocycles. The van der Waals surface area contributed by atoms with E-state index in [4.69, 9.17) is 4.43 Å². The van der Waals surface area contributed by atoms with Gasteiger partial charge in [0, 0.05) is 6.42 Å². The lowest BCUT2D eigenvalue weighted by Crippen LogP contribution is -2.47. The van der Waals surface area contributed by atoms with Crippen molar-refractivity contribution in [2.24, 2.45) is 0 Å². The van der Waals surface area contributed by atoms with Crippen LogP contribution in [0.4, 0.5) is 0 Å². The Hall–Kier alpha value is -0.933. The summed E-state index contributed by atoms with van der Waals surface area (Å²) in [6.45, 7) is 14.5. The van der Waals surface area contributed by atoms with Gasteiger partial charge in [-0.15, -0.1) is 0 Å². The van der Waals surface area contributed by atoms with Crippen LogP contribution >= 0.6 is 0 Å². The van der Waals surface area contributed by atoms with E-state index >= 15 is 0 Å². The van der Waals surface area contributed by atoms with Crippen LogP contribution in [0.5, 0.6) is 0 Å². The molecule has 0 N–H and O–H groups in total. The van der Waals surface area contributed by atoms with Crippen molar-refractivity contribution in [2.45, 2.75) is 77.6 Å². The molecule has 2 nitrogen and oxygen atoms in total. The highest BCUT2D eigenvalue weighted by atomic mass is 28.4. The molecule has 0 spiro atoms. The van der Waals surface area contributed by atoms with Gasteiger partial charge in [0.25, 0.3) is 0 Å². The molecule has 0 bridgehead atoms. The highest BCUT2D eigenvalue weighted by Gasteiger charge is 2.44. The fourth-order valence-corrected chi connectivity index (χ4v) is 9.26. The van der Waals surface area contributed by atoms with Crippen molar-refractivity contribution in [3.8, 4) is 0 Å². The molecule has 0 fully saturated rings. The minimum absolute atomic E-state index is 0.581. The van der Waals surface area contributed by atoms with Crippen LogP contribution in [0.3, 0.4) is 0 Å². The topological polar surface area (TPSA) is 26.3 Å². The number of hydrogen-bond donors (Lipinski definition) is 0. The molecule has 0 radical (unpaired) electrons. The van der Waals surface area contributed by atoms with Crippen LogP contribution < -0.4 is 0 Å². The summed E-state index contributed by atoms with van der Waals surface area (Å²) in [7, 11) is -1.83. The Labute approximate surface area is 137 Å². The third kappa shape index (κ3) is 4.29. The van der Waals surface area contributed by atoms with Crippen LogP contribution in [0.25, 0.3) is 0 Å². The molecular weight excluding hydrogens is 288 g/mol. The van der Waals surface area contributed by atoms with Gasteiger partial charge < -0.3 is 9.22 Å². The van der Waals surface area contributed by atoms with E-state index in [9.17, 15) is 4.79 Å². The first-order valence-corrected chi connectivity index (χ1v) is 10.6. The molecule has 0 amide bonds. The van der Waals surface area contributed by atoms with Gasteiger partial charge in [-0.05, 0) is 34.2 Å². The van der Waals surface area contributed by atoms with Crippen LogP contribution in [0.15, 0.2) is 24.3 Å². The zero-order valence-electron chi connectivity index (χ0n) is 15.1. The summed E-state index contributed by atoms with van der Waals surface area (Å²) in [5, 5.41) is 0. The van der Waals surface area contributed by atoms with Gasteiger partial charge in [-0.3, -0.25) is 0 Å². The molecule has 0 aliphatic heterocycles. The second-order valence-corrected chi connectivity index (χ2v) is 12.5. The minimum atomic E-state index is -1.83. The molecule has 0 unspecified atom stereocenters. The number of benzene rings is 1. The molecule has 0 aliphatic rings. The molecule has 0 aromatic heterocycles. The average molecular weight is 321 g/mol. The van der Waals surface area contributed by atoms with E-state index in [1.54, 1.807) is 0 Å². The molecule has 1 aromatic rings. The fourth-order valence-electron chi connectivity index (χ4n) is 3.86. The number of carbonyl (C=O) groups excluding carboxylic acids is 1. The Morgan fingerprint density at radius 1 is 0.955 bits per heavy atom. The fraction of sp³-hybridized carbons (Fsp3) is 0.632. The smallest absolute Gasteiger partial charge is 0.200 e. The molecule has 0 saturated heterocycles. The number of hydrogen-bond acceptors (Lipinski definition) is 2. The predicted molar refractivity (Wildman–Crippen MR) is 96.7 cm³/mol. The van der Waals surface area contributed by atoms with Gasteiger partial charge >= 0.3 is 0 Å².